The number of esters is 1. The first-order valence-electron chi connectivity index (χ1n) is 16.5. The Morgan fingerprint density at radius 2 is 1.27 bits per heavy atom. The lowest BCUT2D eigenvalue weighted by Gasteiger charge is -2.19. The van der Waals surface area contributed by atoms with Crippen LogP contribution in [0.15, 0.2) is 42.5 Å². The van der Waals surface area contributed by atoms with Crippen LogP contribution < -0.4 is 10.1 Å². The van der Waals surface area contributed by atoms with E-state index in [9.17, 15) is 14.4 Å². The zero-order valence-electron chi connectivity index (χ0n) is 27.4. The van der Waals surface area contributed by atoms with Gasteiger partial charge in [0.25, 0.3) is 0 Å². The molecular formula is C36H52ClNO7. The van der Waals surface area contributed by atoms with Gasteiger partial charge >= 0.3 is 5.97 Å². The fraction of sp³-hybridized carbons (Fsp3) is 0.583. The Bertz CT molecular complexity index is 1120. The molecule has 0 aliphatic carbocycles. The van der Waals surface area contributed by atoms with E-state index >= 15 is 0 Å². The van der Waals surface area contributed by atoms with Gasteiger partial charge in [0.2, 0.25) is 5.91 Å². The summed E-state index contributed by atoms with van der Waals surface area (Å²) < 4.78 is 22.6. The fourth-order valence-corrected chi connectivity index (χ4v) is 4.87. The van der Waals surface area contributed by atoms with E-state index in [0.717, 1.165) is 25.7 Å². The summed E-state index contributed by atoms with van der Waals surface area (Å²) in [5.74, 6) is -0.867. The van der Waals surface area contributed by atoms with E-state index in [4.69, 9.17) is 30.5 Å². The summed E-state index contributed by atoms with van der Waals surface area (Å²) in [6.45, 7) is 6.08. The van der Waals surface area contributed by atoms with Crippen molar-refractivity contribution in [3.05, 3.63) is 58.6 Å². The van der Waals surface area contributed by atoms with Crippen LogP contribution in [0.2, 0.25) is 5.02 Å². The van der Waals surface area contributed by atoms with Crippen LogP contribution in [0.5, 0.6) is 5.75 Å². The first-order chi connectivity index (χ1) is 21.9. The topological polar surface area (TPSA) is 100 Å². The van der Waals surface area contributed by atoms with Crippen molar-refractivity contribution in [2.24, 2.45) is 0 Å². The van der Waals surface area contributed by atoms with Crippen molar-refractivity contribution in [2.45, 2.75) is 103 Å². The van der Waals surface area contributed by atoms with E-state index in [1.807, 2.05) is 0 Å². The third kappa shape index (κ3) is 16.3. The van der Waals surface area contributed by atoms with Crippen molar-refractivity contribution in [3.63, 3.8) is 0 Å². The quantitative estimate of drug-likeness (QED) is 0.0498. The number of nitrogens with one attached hydrogen (secondary N) is 1. The molecule has 1 N–H and O–H groups in total. The van der Waals surface area contributed by atoms with Gasteiger partial charge in [-0.3, -0.25) is 9.59 Å². The normalized spacial score (nSPS) is 11.0. The lowest BCUT2D eigenvalue weighted by molar-refractivity contribution is -0.115. The third-order valence-electron chi connectivity index (χ3n) is 7.37. The molecule has 2 rings (SSSR count). The molecule has 45 heavy (non-hydrogen) atoms. The minimum absolute atomic E-state index is 0.216. The molecule has 0 spiro atoms. The Morgan fingerprint density at radius 1 is 0.733 bits per heavy atom. The van der Waals surface area contributed by atoms with Crippen molar-refractivity contribution in [1.29, 1.82) is 0 Å². The molecule has 0 saturated carbocycles. The molecule has 0 fully saturated rings. The molecule has 250 valence electrons. The summed E-state index contributed by atoms with van der Waals surface area (Å²) in [5.41, 5.74) is 0.819. The molecule has 0 heterocycles. The predicted octanol–water partition coefficient (Wildman–Crippen LogP) is 8.84. The lowest BCUT2D eigenvalue weighted by Crippen LogP contribution is -2.29. The molecule has 0 aliphatic heterocycles. The largest absolute Gasteiger partial charge is 0.497 e. The maximum absolute atomic E-state index is 13.1. The maximum Gasteiger partial charge on any atom is 0.338 e. The zero-order chi connectivity index (χ0) is 32.7. The predicted molar refractivity (Wildman–Crippen MR) is 180 cm³/mol. The molecule has 1 amide bonds. The van der Waals surface area contributed by atoms with Crippen molar-refractivity contribution < 1.29 is 33.3 Å². The summed E-state index contributed by atoms with van der Waals surface area (Å²) >= 11 is 6.31. The first-order valence-corrected chi connectivity index (χ1v) is 16.9. The van der Waals surface area contributed by atoms with Crippen molar-refractivity contribution >= 4 is 34.9 Å². The highest BCUT2D eigenvalue weighted by atomic mass is 35.5. The number of halogens is 1. The molecule has 0 aliphatic rings. The Kier molecular flexibility index (Phi) is 19.9. The van der Waals surface area contributed by atoms with E-state index in [2.05, 4.69) is 19.2 Å². The van der Waals surface area contributed by atoms with E-state index < -0.39 is 18.0 Å². The van der Waals surface area contributed by atoms with Crippen molar-refractivity contribution in [2.75, 3.05) is 38.9 Å². The van der Waals surface area contributed by atoms with E-state index in [1.54, 1.807) is 24.3 Å². The smallest absolute Gasteiger partial charge is 0.338 e. The molecular weight excluding hydrogens is 594 g/mol. The monoisotopic (exact) mass is 645 g/mol. The van der Waals surface area contributed by atoms with E-state index in [0.29, 0.717) is 24.5 Å². The molecule has 0 saturated heterocycles. The standard InChI is InChI=1S/C36H52ClNO7/c1-4-6-8-10-12-14-22-43-26-31(27-44-23-15-13-11-9-7-5-2)45-36(41)29-18-21-32(37)33(24-29)38-35(40)25-34(39)28-16-19-30(42-3)20-17-28/h16-21,24,31H,4-15,22-23,25-27H2,1-3H3,(H,38,40). The number of Topliss-reactive ketones (excluding diaryl/α,β-unsaturated/α-hetero) is 1. The molecule has 0 unspecified atom stereocenters. The highest BCUT2D eigenvalue weighted by molar-refractivity contribution is 6.34. The van der Waals surface area contributed by atoms with Gasteiger partial charge in [-0.15, -0.1) is 0 Å². The second-order valence-electron chi connectivity index (χ2n) is 11.3. The highest BCUT2D eigenvalue weighted by Crippen LogP contribution is 2.24. The first kappa shape index (κ1) is 38.2. The molecule has 2 aromatic rings. The Morgan fingerprint density at radius 3 is 1.82 bits per heavy atom. The van der Waals surface area contributed by atoms with Gasteiger partial charge in [0.05, 0.1) is 43.0 Å². The number of benzene rings is 2. The van der Waals surface area contributed by atoms with Crippen LogP contribution in [-0.2, 0) is 19.0 Å². The lowest BCUT2D eigenvalue weighted by atomic mass is 10.1. The number of ether oxygens (including phenoxy) is 4. The molecule has 0 atom stereocenters. The van der Waals surface area contributed by atoms with Crippen LogP contribution in [0, 0.1) is 0 Å². The number of unbranched alkanes of at least 4 members (excludes halogenated alkanes) is 10. The summed E-state index contributed by atoms with van der Waals surface area (Å²) in [6, 6.07) is 11.0. The SMILES string of the molecule is CCCCCCCCOCC(COCCCCCCCC)OC(=O)c1ccc(Cl)c(NC(=O)CC(=O)c2ccc(OC)cc2)c1. The molecule has 0 aromatic heterocycles. The van der Waals surface area contributed by atoms with E-state index in [-0.39, 0.29) is 41.7 Å². The van der Waals surface area contributed by atoms with Gasteiger partial charge in [-0.2, -0.15) is 0 Å². The second kappa shape index (κ2) is 23.4. The van der Waals surface area contributed by atoms with Gasteiger partial charge in [0, 0.05) is 18.8 Å². The van der Waals surface area contributed by atoms with Gasteiger partial charge in [0.1, 0.15) is 11.9 Å². The number of ketones is 1. The highest BCUT2D eigenvalue weighted by Gasteiger charge is 2.19. The Balaban J connectivity index is 1.92. The summed E-state index contributed by atoms with van der Waals surface area (Å²) in [6.07, 6.45) is 13.0. The van der Waals surface area contributed by atoms with Crippen LogP contribution in [0.1, 0.15) is 118 Å². The minimum atomic E-state index is -0.576. The summed E-state index contributed by atoms with van der Waals surface area (Å²) in [4.78, 5) is 38.4. The van der Waals surface area contributed by atoms with Crippen molar-refractivity contribution in [3.8, 4) is 5.75 Å². The average molecular weight is 646 g/mol. The molecule has 2 aromatic carbocycles. The number of amides is 1. The number of hydrogen-bond acceptors (Lipinski definition) is 7. The van der Waals surface area contributed by atoms with Gasteiger partial charge < -0.3 is 24.3 Å². The van der Waals surface area contributed by atoms with Gasteiger partial charge in [-0.1, -0.05) is 89.7 Å². The number of carbonyl (C=O) groups is 3. The maximum atomic E-state index is 13.1. The van der Waals surface area contributed by atoms with Gasteiger partial charge in [-0.25, -0.2) is 4.79 Å². The van der Waals surface area contributed by atoms with Gasteiger partial charge in [0.15, 0.2) is 5.78 Å². The number of anilines is 1. The molecule has 8 nitrogen and oxygen atoms in total. The average Bonchev–Trinajstić information content (AvgIpc) is 3.04. The van der Waals surface area contributed by atoms with Crippen LogP contribution >= 0.6 is 11.6 Å². The summed E-state index contributed by atoms with van der Waals surface area (Å²) in [7, 11) is 1.54. The van der Waals surface area contributed by atoms with Crippen molar-refractivity contribution in [1.82, 2.24) is 0 Å². The Labute approximate surface area is 274 Å². The molecule has 0 bridgehead atoms. The third-order valence-corrected chi connectivity index (χ3v) is 7.70. The van der Waals surface area contributed by atoms with Gasteiger partial charge in [-0.05, 0) is 55.3 Å². The second-order valence-corrected chi connectivity index (χ2v) is 11.7. The van der Waals surface area contributed by atoms with E-state index in [1.165, 1.54) is 76.7 Å². The zero-order valence-corrected chi connectivity index (χ0v) is 28.1. The molecule has 0 radical (unpaired) electrons. The summed E-state index contributed by atoms with van der Waals surface area (Å²) in [5, 5.41) is 2.88. The van der Waals surface area contributed by atoms with Crippen LogP contribution in [-0.4, -0.2) is 57.3 Å². The fourth-order valence-electron chi connectivity index (χ4n) is 4.70. The number of hydrogen-bond donors (Lipinski definition) is 1. The molecule has 9 heteroatoms. The number of methoxy groups -OCH3 is 1. The Hall–Kier alpha value is -2.94. The van der Waals surface area contributed by atoms with Crippen LogP contribution in [0.3, 0.4) is 0 Å². The van der Waals surface area contributed by atoms with Crippen LogP contribution in [0.25, 0.3) is 0 Å². The number of carbonyl (C=O) groups excluding carboxylic acids is 3. The van der Waals surface area contributed by atoms with Crippen LogP contribution in [0.4, 0.5) is 5.69 Å². The minimum Gasteiger partial charge on any atom is -0.497 e. The number of rotatable bonds is 25.